The van der Waals surface area contributed by atoms with Gasteiger partial charge < -0.3 is 14.8 Å². The summed E-state index contributed by atoms with van der Waals surface area (Å²) in [4.78, 5) is 12.3. The van der Waals surface area contributed by atoms with Gasteiger partial charge in [0.05, 0.1) is 21.3 Å². The van der Waals surface area contributed by atoms with E-state index >= 15 is 8.78 Å². The van der Waals surface area contributed by atoms with Crippen molar-refractivity contribution in [2.75, 3.05) is 0 Å². The number of hydrogen-bond acceptors (Lipinski definition) is 4. The Balaban J connectivity index is 2.28. The van der Waals surface area contributed by atoms with Gasteiger partial charge in [0.25, 0.3) is 0 Å². The van der Waals surface area contributed by atoms with Crippen LogP contribution in [0.2, 0.25) is 0 Å². The van der Waals surface area contributed by atoms with Crippen LogP contribution >= 0.6 is 0 Å². The first kappa shape index (κ1) is 35.9. The number of ether oxygens (including phenoxy) is 2. The summed E-state index contributed by atoms with van der Waals surface area (Å²) in [5.74, 6) is -2.74. The molecule has 13 heteroatoms. The SMILES string of the molecule is CC(C)(C)OC(=O)NCc1cc([C@@](Cc2ccccc2)(NS(=O)C(C)(C)C)c2cc(F)cc(OC(F)(F)C(F)F)c2)ccc1F. The standard InChI is InChI=1S/C32H36F6N2O4S/c1-29(2,3)44-28(41)39-19-21-14-22(12-13-26(21)34)31(40-45(42)30(4,5)6,18-20-10-8-7-9-11-20)23-15-24(33)17-25(16-23)43-32(37,38)27(35)36/h7-17,27,40H,18-19H2,1-6H3,(H,39,41)/t31-,45?/m1/s1. The van der Waals surface area contributed by atoms with Crippen LogP contribution in [0, 0.1) is 11.6 Å². The molecular formula is C32H36F6N2O4S. The summed E-state index contributed by atoms with van der Waals surface area (Å²) < 4.78 is 109. The maximum absolute atomic E-state index is 15.1. The second kappa shape index (κ2) is 13.8. The Labute approximate surface area is 261 Å². The van der Waals surface area contributed by atoms with E-state index < -0.39 is 62.9 Å². The van der Waals surface area contributed by atoms with Crippen LogP contribution in [0.15, 0.2) is 66.7 Å². The second-order valence-electron chi connectivity index (χ2n) is 12.4. The van der Waals surface area contributed by atoms with Crippen molar-refractivity contribution in [1.29, 1.82) is 0 Å². The van der Waals surface area contributed by atoms with Crippen molar-refractivity contribution in [1.82, 2.24) is 10.0 Å². The van der Waals surface area contributed by atoms with E-state index in [4.69, 9.17) is 4.74 Å². The lowest BCUT2D eigenvalue weighted by molar-refractivity contribution is -0.253. The highest BCUT2D eigenvalue weighted by Gasteiger charge is 2.45. The number of carbonyl (C=O) groups excluding carboxylic acids is 1. The predicted molar refractivity (Wildman–Crippen MR) is 159 cm³/mol. The number of halogens is 6. The van der Waals surface area contributed by atoms with Gasteiger partial charge >= 0.3 is 18.6 Å². The number of carbonyl (C=O) groups is 1. The minimum atomic E-state index is -4.94. The van der Waals surface area contributed by atoms with Crippen molar-refractivity contribution in [2.45, 2.75) is 82.9 Å². The number of nitrogens with one attached hydrogen (secondary N) is 2. The summed E-state index contributed by atoms with van der Waals surface area (Å²) in [5, 5.41) is 2.47. The van der Waals surface area contributed by atoms with Crippen molar-refractivity contribution < 1.29 is 44.8 Å². The van der Waals surface area contributed by atoms with Crippen LogP contribution < -0.4 is 14.8 Å². The van der Waals surface area contributed by atoms with Gasteiger partial charge in [-0.1, -0.05) is 36.4 Å². The molecule has 0 aromatic heterocycles. The van der Waals surface area contributed by atoms with Gasteiger partial charge in [-0.3, -0.25) is 0 Å². The van der Waals surface area contributed by atoms with Crippen molar-refractivity contribution in [3.8, 4) is 5.75 Å². The molecule has 0 bridgehead atoms. The van der Waals surface area contributed by atoms with Crippen LogP contribution in [-0.4, -0.2) is 33.2 Å². The average Bonchev–Trinajstić information content (AvgIpc) is 2.90. The smallest absolute Gasteiger partial charge is 0.444 e. The number of benzene rings is 3. The summed E-state index contributed by atoms with van der Waals surface area (Å²) in [5.41, 5.74) is -1.91. The molecule has 3 aromatic carbocycles. The third kappa shape index (κ3) is 9.70. The summed E-state index contributed by atoms with van der Waals surface area (Å²) in [7, 11) is -1.92. The zero-order valence-electron chi connectivity index (χ0n) is 25.7. The molecule has 1 amide bonds. The first-order valence-corrected chi connectivity index (χ1v) is 15.0. The highest BCUT2D eigenvalue weighted by molar-refractivity contribution is 7.84. The maximum atomic E-state index is 15.1. The number of alkyl carbamates (subject to hydrolysis) is 1. The second-order valence-corrected chi connectivity index (χ2v) is 14.3. The Morgan fingerprint density at radius 3 is 2.11 bits per heavy atom. The minimum Gasteiger partial charge on any atom is -0.444 e. The Morgan fingerprint density at radius 2 is 1.53 bits per heavy atom. The largest absolute Gasteiger partial charge is 0.461 e. The van der Waals surface area contributed by atoms with Gasteiger partial charge in [-0.2, -0.15) is 17.6 Å². The van der Waals surface area contributed by atoms with Gasteiger partial charge in [0.2, 0.25) is 0 Å². The normalized spacial score (nSPS) is 14.5. The topological polar surface area (TPSA) is 76.7 Å². The monoisotopic (exact) mass is 658 g/mol. The third-order valence-electron chi connectivity index (χ3n) is 6.37. The van der Waals surface area contributed by atoms with Crippen LogP contribution in [0.4, 0.5) is 31.1 Å². The lowest BCUT2D eigenvalue weighted by Crippen LogP contribution is -2.50. The Bertz CT molecular complexity index is 1510. The zero-order valence-corrected chi connectivity index (χ0v) is 26.5. The highest BCUT2D eigenvalue weighted by atomic mass is 32.2. The number of alkyl halides is 4. The maximum Gasteiger partial charge on any atom is 0.461 e. The lowest BCUT2D eigenvalue weighted by atomic mass is 9.78. The van der Waals surface area contributed by atoms with E-state index in [1.165, 1.54) is 12.1 Å². The van der Waals surface area contributed by atoms with Crippen molar-refractivity contribution in [3.05, 3.63) is 101 Å². The molecule has 0 aliphatic heterocycles. The molecule has 0 heterocycles. The van der Waals surface area contributed by atoms with Gasteiger partial charge in [-0.25, -0.2) is 22.5 Å². The van der Waals surface area contributed by atoms with E-state index in [-0.39, 0.29) is 29.7 Å². The molecule has 0 aliphatic rings. The first-order valence-electron chi connectivity index (χ1n) is 13.9. The molecule has 0 spiro atoms. The van der Waals surface area contributed by atoms with Gasteiger partial charge in [-0.15, -0.1) is 0 Å². The van der Waals surface area contributed by atoms with Gasteiger partial charge in [0.15, 0.2) is 0 Å². The quantitative estimate of drug-likeness (QED) is 0.207. The van der Waals surface area contributed by atoms with Gasteiger partial charge in [0, 0.05) is 18.2 Å². The molecule has 0 radical (unpaired) electrons. The number of hydrogen-bond donors (Lipinski definition) is 2. The average molecular weight is 659 g/mol. The van der Waals surface area contributed by atoms with Crippen LogP contribution in [0.1, 0.15) is 63.8 Å². The fourth-order valence-corrected chi connectivity index (χ4v) is 5.20. The number of amides is 1. The van der Waals surface area contributed by atoms with Crippen LogP contribution in [-0.2, 0) is 34.2 Å². The Hall–Kier alpha value is -3.58. The fourth-order valence-electron chi connectivity index (χ4n) is 4.27. The molecule has 0 saturated heterocycles. The zero-order chi connectivity index (χ0) is 33.8. The predicted octanol–water partition coefficient (Wildman–Crippen LogP) is 7.76. The molecule has 3 aromatic rings. The lowest BCUT2D eigenvalue weighted by Gasteiger charge is -2.38. The molecule has 6 nitrogen and oxygen atoms in total. The Kier molecular flexibility index (Phi) is 11.0. The fraction of sp³-hybridized carbons (Fsp3) is 0.406. The molecule has 0 fully saturated rings. The van der Waals surface area contributed by atoms with Crippen LogP contribution in [0.5, 0.6) is 5.75 Å². The Morgan fingerprint density at radius 1 is 0.889 bits per heavy atom. The summed E-state index contributed by atoms with van der Waals surface area (Å²) in [6.45, 7) is 9.60. The van der Waals surface area contributed by atoms with Crippen LogP contribution in [0.25, 0.3) is 0 Å². The van der Waals surface area contributed by atoms with Crippen molar-refractivity contribution >= 4 is 17.1 Å². The molecule has 1 unspecified atom stereocenters. The third-order valence-corrected chi connectivity index (χ3v) is 8.01. The molecule has 3 rings (SSSR count). The molecule has 246 valence electrons. The van der Waals surface area contributed by atoms with E-state index in [2.05, 4.69) is 14.8 Å². The summed E-state index contributed by atoms with van der Waals surface area (Å²) in [6.07, 6.45) is -10.1. The molecule has 2 atom stereocenters. The molecule has 2 N–H and O–H groups in total. The molecule has 0 saturated carbocycles. The minimum absolute atomic E-state index is 0.0313. The summed E-state index contributed by atoms with van der Waals surface area (Å²) in [6, 6.07) is 14.8. The van der Waals surface area contributed by atoms with Gasteiger partial charge in [0.1, 0.15) is 23.0 Å². The molecule has 45 heavy (non-hydrogen) atoms. The van der Waals surface area contributed by atoms with Crippen molar-refractivity contribution in [2.24, 2.45) is 0 Å². The van der Waals surface area contributed by atoms with E-state index in [0.29, 0.717) is 11.6 Å². The number of rotatable bonds is 11. The van der Waals surface area contributed by atoms with Crippen molar-refractivity contribution in [3.63, 3.8) is 0 Å². The van der Waals surface area contributed by atoms with E-state index in [1.807, 2.05) is 0 Å². The highest BCUT2D eigenvalue weighted by Crippen LogP contribution is 2.39. The molecular weight excluding hydrogens is 622 g/mol. The first-order chi connectivity index (χ1) is 20.7. The van der Waals surface area contributed by atoms with Gasteiger partial charge in [-0.05, 0) is 88.9 Å². The van der Waals surface area contributed by atoms with E-state index in [9.17, 15) is 26.6 Å². The molecule has 0 aliphatic carbocycles. The van der Waals surface area contributed by atoms with E-state index in [1.54, 1.807) is 71.9 Å². The summed E-state index contributed by atoms with van der Waals surface area (Å²) >= 11 is 0. The van der Waals surface area contributed by atoms with E-state index in [0.717, 1.165) is 18.2 Å². The van der Waals surface area contributed by atoms with Crippen LogP contribution in [0.3, 0.4) is 0 Å².